The van der Waals surface area contributed by atoms with Gasteiger partial charge < -0.3 is 0 Å². The van der Waals surface area contributed by atoms with Crippen LogP contribution in [0.25, 0.3) is 0 Å². The van der Waals surface area contributed by atoms with E-state index in [1.807, 2.05) is 0 Å². The second kappa shape index (κ2) is 5.66. The summed E-state index contributed by atoms with van der Waals surface area (Å²) in [7, 11) is -7.68. The number of nitrogens with one attached hydrogen (secondary N) is 1. The molecule has 118 valence electrons. The molecule has 0 heterocycles. The van der Waals surface area contributed by atoms with E-state index in [4.69, 9.17) is 0 Å². The van der Waals surface area contributed by atoms with Crippen LogP contribution in [0.5, 0.6) is 0 Å². The van der Waals surface area contributed by atoms with Crippen LogP contribution in [-0.2, 0) is 19.9 Å². The van der Waals surface area contributed by atoms with Crippen molar-refractivity contribution in [2.75, 3.05) is 6.26 Å². The van der Waals surface area contributed by atoms with Crippen LogP contribution in [0.3, 0.4) is 0 Å². The van der Waals surface area contributed by atoms with E-state index in [-0.39, 0.29) is 10.9 Å². The van der Waals surface area contributed by atoms with Crippen molar-refractivity contribution < 1.29 is 21.2 Å². The molecule has 1 atom stereocenters. The summed E-state index contributed by atoms with van der Waals surface area (Å²) < 4.78 is 63.5. The van der Waals surface area contributed by atoms with Crippen LogP contribution < -0.4 is 4.72 Å². The lowest BCUT2D eigenvalue weighted by Crippen LogP contribution is -2.33. The van der Waals surface area contributed by atoms with Gasteiger partial charge in [0.25, 0.3) is 0 Å². The van der Waals surface area contributed by atoms with Gasteiger partial charge in [0.1, 0.15) is 10.7 Å². The molecule has 21 heavy (non-hydrogen) atoms. The minimum Gasteiger partial charge on any atom is -0.224 e. The Morgan fingerprint density at radius 1 is 1.29 bits per heavy atom. The molecule has 0 radical (unpaired) electrons. The summed E-state index contributed by atoms with van der Waals surface area (Å²) in [5, 5.41) is 0. The summed E-state index contributed by atoms with van der Waals surface area (Å²) in [4.78, 5) is -0.854. The van der Waals surface area contributed by atoms with Crippen molar-refractivity contribution in [2.24, 2.45) is 5.92 Å². The second-order valence-electron chi connectivity index (χ2n) is 5.57. The Hall–Kier alpha value is -0.990. The molecular weight excluding hydrogens is 317 g/mol. The van der Waals surface area contributed by atoms with Crippen LogP contribution in [0.15, 0.2) is 28.0 Å². The third-order valence-corrected chi connectivity index (χ3v) is 6.08. The fraction of sp³-hybridized carbons (Fsp3) is 0.538. The first-order valence-corrected chi connectivity index (χ1v) is 9.99. The highest BCUT2D eigenvalue weighted by Crippen LogP contribution is 2.33. The molecule has 1 unspecified atom stereocenters. The molecule has 1 saturated carbocycles. The van der Waals surface area contributed by atoms with E-state index >= 15 is 0 Å². The largest absolute Gasteiger partial charge is 0.243 e. The van der Waals surface area contributed by atoms with Crippen molar-refractivity contribution in [3.8, 4) is 0 Å². The average molecular weight is 335 g/mol. The molecule has 1 aliphatic rings. The van der Waals surface area contributed by atoms with Gasteiger partial charge >= 0.3 is 0 Å². The van der Waals surface area contributed by atoms with Crippen LogP contribution in [-0.4, -0.2) is 29.1 Å². The van der Waals surface area contributed by atoms with Gasteiger partial charge in [0.2, 0.25) is 10.0 Å². The predicted octanol–water partition coefficient (Wildman–Crippen LogP) is 1.70. The van der Waals surface area contributed by atoms with Gasteiger partial charge in [0.15, 0.2) is 9.84 Å². The first kappa shape index (κ1) is 16.4. The molecule has 0 bridgehead atoms. The van der Waals surface area contributed by atoms with Gasteiger partial charge in [0, 0.05) is 12.3 Å². The molecule has 5 nitrogen and oxygen atoms in total. The van der Waals surface area contributed by atoms with Gasteiger partial charge in [-0.2, -0.15) is 0 Å². The SMILES string of the molecule is CC(CC1CC1)NS(=O)(=O)c1cc(S(C)(=O)=O)ccc1F. The smallest absolute Gasteiger partial charge is 0.224 e. The van der Waals surface area contributed by atoms with E-state index < -0.39 is 30.6 Å². The Bertz CT molecular complexity index is 739. The summed E-state index contributed by atoms with van der Waals surface area (Å²) in [5.74, 6) is -0.441. The highest BCUT2D eigenvalue weighted by Gasteiger charge is 2.28. The van der Waals surface area contributed by atoms with Crippen LogP contribution in [0.4, 0.5) is 4.39 Å². The summed E-state index contributed by atoms with van der Waals surface area (Å²) in [5.41, 5.74) is 0. The fourth-order valence-corrected chi connectivity index (χ4v) is 4.23. The standard InChI is InChI=1S/C13H18FNO4S2/c1-9(7-10-3-4-10)15-21(18,19)13-8-11(20(2,16)17)5-6-12(13)14/h5-6,8-10,15H,3-4,7H2,1-2H3. The summed E-state index contributed by atoms with van der Waals surface area (Å²) in [6.45, 7) is 1.72. The molecule has 1 aliphatic carbocycles. The Balaban J connectivity index is 2.30. The van der Waals surface area contributed by atoms with E-state index in [0.717, 1.165) is 37.3 Å². The number of halogens is 1. The number of sulfonamides is 1. The molecule has 1 aromatic rings. The number of hydrogen-bond donors (Lipinski definition) is 1. The van der Waals surface area contributed by atoms with E-state index in [9.17, 15) is 21.2 Å². The second-order valence-corrected chi connectivity index (χ2v) is 9.26. The number of hydrogen-bond acceptors (Lipinski definition) is 4. The Kier molecular flexibility index (Phi) is 4.41. The van der Waals surface area contributed by atoms with Gasteiger partial charge in [-0.3, -0.25) is 0 Å². The van der Waals surface area contributed by atoms with E-state index in [1.54, 1.807) is 6.92 Å². The fourth-order valence-electron chi connectivity index (χ4n) is 2.15. The molecule has 0 aromatic heterocycles. The van der Waals surface area contributed by atoms with Gasteiger partial charge in [-0.25, -0.2) is 25.9 Å². The number of benzene rings is 1. The topological polar surface area (TPSA) is 80.3 Å². The van der Waals surface area contributed by atoms with Crippen molar-refractivity contribution in [3.63, 3.8) is 0 Å². The highest BCUT2D eigenvalue weighted by atomic mass is 32.2. The lowest BCUT2D eigenvalue weighted by atomic mass is 10.2. The average Bonchev–Trinajstić information content (AvgIpc) is 3.10. The van der Waals surface area contributed by atoms with E-state index in [0.29, 0.717) is 12.3 Å². The first-order chi connectivity index (χ1) is 9.59. The molecule has 0 saturated heterocycles. The van der Waals surface area contributed by atoms with Crippen LogP contribution in [0.2, 0.25) is 0 Å². The quantitative estimate of drug-likeness (QED) is 0.802. The maximum absolute atomic E-state index is 13.8. The third kappa shape index (κ3) is 4.24. The Morgan fingerprint density at radius 3 is 2.43 bits per heavy atom. The summed E-state index contributed by atoms with van der Waals surface area (Å²) in [6, 6.07) is 2.45. The number of rotatable bonds is 6. The molecule has 1 fully saturated rings. The van der Waals surface area contributed by atoms with Gasteiger partial charge in [0.05, 0.1) is 4.90 Å². The van der Waals surface area contributed by atoms with Crippen LogP contribution in [0, 0.1) is 11.7 Å². The monoisotopic (exact) mass is 335 g/mol. The summed E-state index contributed by atoms with van der Waals surface area (Å²) in [6.07, 6.45) is 3.82. The zero-order chi connectivity index (χ0) is 15.8. The Labute approximate surface area is 124 Å². The molecule has 0 aliphatic heterocycles. The van der Waals surface area contributed by atoms with Gasteiger partial charge in [-0.05, 0) is 37.5 Å². The molecule has 0 spiro atoms. The minimum atomic E-state index is -4.08. The third-order valence-electron chi connectivity index (χ3n) is 3.36. The predicted molar refractivity (Wildman–Crippen MR) is 76.6 cm³/mol. The van der Waals surface area contributed by atoms with E-state index in [2.05, 4.69) is 4.72 Å². The highest BCUT2D eigenvalue weighted by molar-refractivity contribution is 7.91. The maximum Gasteiger partial charge on any atom is 0.243 e. The zero-order valence-electron chi connectivity index (χ0n) is 11.8. The van der Waals surface area contributed by atoms with E-state index in [1.165, 1.54) is 0 Å². The molecule has 1 aromatic carbocycles. The molecule has 8 heteroatoms. The molecular formula is C13H18FNO4S2. The van der Waals surface area contributed by atoms with Crippen LogP contribution in [0.1, 0.15) is 26.2 Å². The van der Waals surface area contributed by atoms with Crippen molar-refractivity contribution in [1.82, 2.24) is 4.72 Å². The zero-order valence-corrected chi connectivity index (χ0v) is 13.5. The van der Waals surface area contributed by atoms with Gasteiger partial charge in [-0.15, -0.1) is 0 Å². The van der Waals surface area contributed by atoms with Gasteiger partial charge in [-0.1, -0.05) is 12.8 Å². The van der Waals surface area contributed by atoms with Crippen molar-refractivity contribution in [1.29, 1.82) is 0 Å². The van der Waals surface area contributed by atoms with Crippen molar-refractivity contribution >= 4 is 19.9 Å². The molecule has 0 amide bonds. The Morgan fingerprint density at radius 2 is 1.90 bits per heavy atom. The molecule has 2 rings (SSSR count). The lowest BCUT2D eigenvalue weighted by molar-refractivity contribution is 0.520. The normalized spacial score (nSPS) is 17.7. The van der Waals surface area contributed by atoms with Crippen LogP contribution >= 0.6 is 0 Å². The lowest BCUT2D eigenvalue weighted by Gasteiger charge is -2.14. The summed E-state index contributed by atoms with van der Waals surface area (Å²) >= 11 is 0. The minimum absolute atomic E-state index is 0.223. The maximum atomic E-state index is 13.8. The first-order valence-electron chi connectivity index (χ1n) is 6.61. The van der Waals surface area contributed by atoms with Crippen molar-refractivity contribution in [2.45, 2.75) is 42.0 Å². The number of sulfone groups is 1. The molecule has 1 N–H and O–H groups in total. The van der Waals surface area contributed by atoms with Crippen molar-refractivity contribution in [3.05, 3.63) is 24.0 Å².